The normalized spacial score (nSPS) is 16.9. The molecule has 0 spiro atoms. The number of rotatable bonds is 2. The second-order valence-electron chi connectivity index (χ2n) is 5.42. The van der Waals surface area contributed by atoms with Gasteiger partial charge in [0.15, 0.2) is 0 Å². The van der Waals surface area contributed by atoms with E-state index in [0.717, 1.165) is 22.4 Å². The minimum absolute atomic E-state index is 0.0775. The molecule has 1 N–H and O–H groups in total. The van der Waals surface area contributed by atoms with Gasteiger partial charge in [0.1, 0.15) is 0 Å². The first-order chi connectivity index (χ1) is 9.54. The third-order valence-corrected chi connectivity index (χ3v) is 4.01. The molecular formula is C17H16ClNO. The molecule has 20 heavy (non-hydrogen) atoms. The molecule has 1 aliphatic heterocycles. The summed E-state index contributed by atoms with van der Waals surface area (Å²) in [5.41, 5.74) is 5.49. The Morgan fingerprint density at radius 3 is 2.75 bits per heavy atom. The molecule has 0 bridgehead atoms. The van der Waals surface area contributed by atoms with E-state index in [0.29, 0.717) is 11.4 Å². The lowest BCUT2D eigenvalue weighted by Gasteiger charge is -2.10. The van der Waals surface area contributed by atoms with Gasteiger partial charge in [-0.1, -0.05) is 41.4 Å². The van der Waals surface area contributed by atoms with Gasteiger partial charge in [0, 0.05) is 10.7 Å². The topological polar surface area (TPSA) is 29.1 Å². The van der Waals surface area contributed by atoms with E-state index in [1.54, 1.807) is 0 Å². The van der Waals surface area contributed by atoms with Gasteiger partial charge in [-0.05, 0) is 49.1 Å². The number of hydrogen-bond donors (Lipinski definition) is 1. The van der Waals surface area contributed by atoms with Gasteiger partial charge in [-0.25, -0.2) is 0 Å². The average Bonchev–Trinajstić information content (AvgIpc) is 2.68. The summed E-state index contributed by atoms with van der Waals surface area (Å²) in [6.07, 6.45) is 0.683. The molecule has 1 aliphatic rings. The maximum atomic E-state index is 12.2. The Kier molecular flexibility index (Phi) is 3.27. The van der Waals surface area contributed by atoms with Crippen LogP contribution in [0.15, 0.2) is 36.4 Å². The van der Waals surface area contributed by atoms with E-state index in [1.807, 2.05) is 31.2 Å². The molecule has 0 aliphatic carbocycles. The van der Waals surface area contributed by atoms with Gasteiger partial charge >= 0.3 is 0 Å². The number of hydrogen-bond acceptors (Lipinski definition) is 1. The summed E-state index contributed by atoms with van der Waals surface area (Å²) in [4.78, 5) is 12.2. The largest absolute Gasteiger partial charge is 0.325 e. The SMILES string of the molecule is Cc1cc(C)c2c(c1)[C@@H](Cc1cccc(Cl)c1)C(=O)N2. The number of benzene rings is 2. The zero-order valence-corrected chi connectivity index (χ0v) is 12.3. The summed E-state index contributed by atoms with van der Waals surface area (Å²) in [7, 11) is 0. The fourth-order valence-electron chi connectivity index (χ4n) is 2.90. The number of aryl methyl sites for hydroxylation is 2. The van der Waals surface area contributed by atoms with Crippen LogP contribution in [-0.4, -0.2) is 5.91 Å². The Morgan fingerprint density at radius 2 is 2.00 bits per heavy atom. The Morgan fingerprint density at radius 1 is 1.20 bits per heavy atom. The van der Waals surface area contributed by atoms with E-state index in [-0.39, 0.29) is 11.8 Å². The smallest absolute Gasteiger partial charge is 0.232 e. The number of carbonyl (C=O) groups is 1. The number of anilines is 1. The predicted molar refractivity (Wildman–Crippen MR) is 82.4 cm³/mol. The molecule has 0 aromatic heterocycles. The van der Waals surface area contributed by atoms with Gasteiger partial charge < -0.3 is 5.32 Å². The highest BCUT2D eigenvalue weighted by Crippen LogP contribution is 2.37. The minimum atomic E-state index is -0.123. The monoisotopic (exact) mass is 285 g/mol. The van der Waals surface area contributed by atoms with Crippen LogP contribution in [0.2, 0.25) is 5.02 Å². The van der Waals surface area contributed by atoms with Crippen LogP contribution in [0.5, 0.6) is 0 Å². The van der Waals surface area contributed by atoms with E-state index in [1.165, 1.54) is 5.56 Å². The first-order valence-electron chi connectivity index (χ1n) is 6.71. The zero-order chi connectivity index (χ0) is 14.3. The second-order valence-corrected chi connectivity index (χ2v) is 5.86. The molecular weight excluding hydrogens is 270 g/mol. The third kappa shape index (κ3) is 2.32. The van der Waals surface area contributed by atoms with Crippen LogP contribution in [0, 0.1) is 13.8 Å². The number of fused-ring (bicyclic) bond motifs is 1. The van der Waals surface area contributed by atoms with Crippen LogP contribution in [0.25, 0.3) is 0 Å². The molecule has 3 rings (SSSR count). The van der Waals surface area contributed by atoms with Crippen LogP contribution in [-0.2, 0) is 11.2 Å². The van der Waals surface area contributed by atoms with Crippen LogP contribution >= 0.6 is 11.6 Å². The van der Waals surface area contributed by atoms with Crippen molar-refractivity contribution < 1.29 is 4.79 Å². The van der Waals surface area contributed by atoms with Crippen molar-refractivity contribution >= 4 is 23.2 Å². The Hall–Kier alpha value is -1.80. The maximum Gasteiger partial charge on any atom is 0.232 e. The lowest BCUT2D eigenvalue weighted by atomic mass is 9.91. The van der Waals surface area contributed by atoms with Crippen LogP contribution in [0.1, 0.15) is 28.2 Å². The van der Waals surface area contributed by atoms with Crippen LogP contribution in [0.3, 0.4) is 0 Å². The summed E-state index contributed by atoms with van der Waals surface area (Å²) in [5.74, 6) is -0.0456. The lowest BCUT2D eigenvalue weighted by Crippen LogP contribution is -2.14. The molecule has 102 valence electrons. The molecule has 2 nitrogen and oxygen atoms in total. The predicted octanol–water partition coefficient (Wildman–Crippen LogP) is 4.24. The summed E-state index contributed by atoms with van der Waals surface area (Å²) < 4.78 is 0. The molecule has 1 amide bonds. The average molecular weight is 286 g/mol. The van der Waals surface area contributed by atoms with Gasteiger partial charge in [-0.15, -0.1) is 0 Å². The van der Waals surface area contributed by atoms with E-state index >= 15 is 0 Å². The summed E-state index contributed by atoms with van der Waals surface area (Å²) in [5, 5.41) is 3.72. The van der Waals surface area contributed by atoms with Crippen molar-refractivity contribution in [1.82, 2.24) is 0 Å². The number of carbonyl (C=O) groups excluding carboxylic acids is 1. The van der Waals surface area contributed by atoms with Crippen molar-refractivity contribution in [3.05, 3.63) is 63.7 Å². The highest BCUT2D eigenvalue weighted by atomic mass is 35.5. The summed E-state index contributed by atoms with van der Waals surface area (Å²) >= 11 is 6.02. The minimum Gasteiger partial charge on any atom is -0.325 e. The molecule has 0 saturated carbocycles. The van der Waals surface area contributed by atoms with Crippen LogP contribution in [0.4, 0.5) is 5.69 Å². The molecule has 1 atom stereocenters. The fraction of sp³-hybridized carbons (Fsp3) is 0.235. The number of halogens is 1. The van der Waals surface area contributed by atoms with Gasteiger partial charge in [-0.3, -0.25) is 4.79 Å². The summed E-state index contributed by atoms with van der Waals surface area (Å²) in [6, 6.07) is 11.9. The molecule has 0 saturated heterocycles. The molecule has 0 unspecified atom stereocenters. The van der Waals surface area contributed by atoms with Gasteiger partial charge in [-0.2, -0.15) is 0 Å². The lowest BCUT2D eigenvalue weighted by molar-refractivity contribution is -0.117. The third-order valence-electron chi connectivity index (χ3n) is 3.78. The fourth-order valence-corrected chi connectivity index (χ4v) is 3.11. The molecule has 0 radical (unpaired) electrons. The quantitative estimate of drug-likeness (QED) is 0.879. The van der Waals surface area contributed by atoms with E-state index in [2.05, 4.69) is 24.4 Å². The summed E-state index contributed by atoms with van der Waals surface area (Å²) in [6.45, 7) is 4.10. The van der Waals surface area contributed by atoms with Crippen molar-refractivity contribution in [1.29, 1.82) is 0 Å². The van der Waals surface area contributed by atoms with E-state index in [4.69, 9.17) is 11.6 Å². The van der Waals surface area contributed by atoms with Crippen molar-refractivity contribution in [3.8, 4) is 0 Å². The first-order valence-corrected chi connectivity index (χ1v) is 7.09. The van der Waals surface area contributed by atoms with E-state index < -0.39 is 0 Å². The highest BCUT2D eigenvalue weighted by molar-refractivity contribution is 6.30. The standard InChI is InChI=1S/C17H16ClNO/c1-10-6-11(2)16-14(7-10)15(17(20)19-16)9-12-4-3-5-13(18)8-12/h3-8,15H,9H2,1-2H3,(H,19,20)/t15-/m1/s1. The number of amides is 1. The molecule has 3 heteroatoms. The molecule has 2 aromatic carbocycles. The van der Waals surface area contributed by atoms with Gasteiger partial charge in [0.2, 0.25) is 5.91 Å². The molecule has 1 heterocycles. The number of nitrogens with one attached hydrogen (secondary N) is 1. The maximum absolute atomic E-state index is 12.2. The van der Waals surface area contributed by atoms with Crippen molar-refractivity contribution in [2.75, 3.05) is 5.32 Å². The van der Waals surface area contributed by atoms with Gasteiger partial charge in [0.05, 0.1) is 5.92 Å². The zero-order valence-electron chi connectivity index (χ0n) is 11.5. The Labute approximate surface area is 123 Å². The van der Waals surface area contributed by atoms with E-state index in [9.17, 15) is 4.79 Å². The second kappa shape index (κ2) is 4.95. The van der Waals surface area contributed by atoms with Crippen molar-refractivity contribution in [2.24, 2.45) is 0 Å². The Bertz CT molecular complexity index is 693. The van der Waals surface area contributed by atoms with Crippen LogP contribution < -0.4 is 5.32 Å². The molecule has 0 fully saturated rings. The Balaban J connectivity index is 1.98. The van der Waals surface area contributed by atoms with Gasteiger partial charge in [0.25, 0.3) is 0 Å². The van der Waals surface area contributed by atoms with Crippen molar-refractivity contribution in [3.63, 3.8) is 0 Å². The highest BCUT2D eigenvalue weighted by Gasteiger charge is 2.31. The molecule has 2 aromatic rings. The van der Waals surface area contributed by atoms with Crippen molar-refractivity contribution in [2.45, 2.75) is 26.2 Å². The first kappa shape index (κ1) is 13.2.